The molecule has 2 rings (SSSR count). The minimum absolute atomic E-state index is 1.01. The quantitative estimate of drug-likeness (QED) is 0.749. The normalized spacial score (nSPS) is 17.2. The van der Waals surface area contributed by atoms with Gasteiger partial charge < -0.3 is 14.8 Å². The van der Waals surface area contributed by atoms with Gasteiger partial charge in [-0.25, -0.2) is 0 Å². The molecule has 1 aliphatic heterocycles. The third-order valence-corrected chi connectivity index (χ3v) is 3.78. The summed E-state index contributed by atoms with van der Waals surface area (Å²) in [4.78, 5) is 2.61. The lowest BCUT2D eigenvalue weighted by atomic mass is 10.1. The fraction of sp³-hybridized carbons (Fsp3) is 0.733. The molecule has 2 heterocycles. The van der Waals surface area contributed by atoms with Crippen LogP contribution >= 0.6 is 0 Å². The van der Waals surface area contributed by atoms with Crippen molar-refractivity contribution in [2.24, 2.45) is 0 Å². The predicted octanol–water partition coefficient (Wildman–Crippen LogP) is 2.47. The predicted molar refractivity (Wildman–Crippen MR) is 76.7 cm³/mol. The second-order valence-corrected chi connectivity index (χ2v) is 5.28. The van der Waals surface area contributed by atoms with Gasteiger partial charge in [-0.05, 0) is 64.0 Å². The minimum atomic E-state index is 1.01. The fourth-order valence-electron chi connectivity index (χ4n) is 2.64. The molecule has 0 radical (unpaired) electrons. The van der Waals surface area contributed by atoms with Gasteiger partial charge >= 0.3 is 0 Å². The number of hydrogen-bond donors (Lipinski definition) is 1. The van der Waals surface area contributed by atoms with Crippen LogP contribution in [0.15, 0.2) is 18.5 Å². The van der Waals surface area contributed by atoms with E-state index in [4.69, 9.17) is 0 Å². The van der Waals surface area contributed by atoms with Crippen molar-refractivity contribution < 1.29 is 0 Å². The molecule has 3 heteroatoms. The standard InChI is InChI=1S/C15H27N3/c1-2-17-12-7-15(14-17)13-16-8-6-11-18-9-4-3-5-10-18/h7,12,14,16H,2-6,8-11,13H2,1H3. The highest BCUT2D eigenvalue weighted by Gasteiger charge is 2.08. The molecule has 1 aliphatic rings. The molecule has 3 nitrogen and oxygen atoms in total. The zero-order valence-electron chi connectivity index (χ0n) is 11.7. The number of likely N-dealkylation sites (tertiary alicyclic amines) is 1. The van der Waals surface area contributed by atoms with Crippen LogP contribution in [-0.4, -0.2) is 35.6 Å². The van der Waals surface area contributed by atoms with Crippen molar-refractivity contribution in [2.45, 2.75) is 45.7 Å². The Bertz CT molecular complexity index is 326. The fourth-order valence-corrected chi connectivity index (χ4v) is 2.64. The minimum Gasteiger partial charge on any atom is -0.354 e. The maximum Gasteiger partial charge on any atom is 0.0220 e. The molecule has 0 saturated carbocycles. The van der Waals surface area contributed by atoms with Crippen molar-refractivity contribution in [3.63, 3.8) is 0 Å². The molecule has 1 aromatic rings. The van der Waals surface area contributed by atoms with Gasteiger partial charge in [-0.1, -0.05) is 6.42 Å². The molecule has 18 heavy (non-hydrogen) atoms. The van der Waals surface area contributed by atoms with Gasteiger partial charge in [0.1, 0.15) is 0 Å². The molecule has 1 saturated heterocycles. The number of piperidine rings is 1. The molecule has 0 bridgehead atoms. The smallest absolute Gasteiger partial charge is 0.0220 e. The number of aromatic nitrogens is 1. The number of nitrogens with one attached hydrogen (secondary N) is 1. The first-order valence-electron chi connectivity index (χ1n) is 7.46. The van der Waals surface area contributed by atoms with Gasteiger partial charge in [0.2, 0.25) is 0 Å². The average Bonchev–Trinajstić information content (AvgIpc) is 2.87. The van der Waals surface area contributed by atoms with Crippen LogP contribution < -0.4 is 5.32 Å². The summed E-state index contributed by atoms with van der Waals surface area (Å²) in [7, 11) is 0. The van der Waals surface area contributed by atoms with Crippen LogP contribution in [0.1, 0.15) is 38.2 Å². The van der Waals surface area contributed by atoms with Crippen molar-refractivity contribution in [1.29, 1.82) is 0 Å². The van der Waals surface area contributed by atoms with Crippen LogP contribution in [0.25, 0.3) is 0 Å². The highest BCUT2D eigenvalue weighted by molar-refractivity contribution is 5.09. The SMILES string of the molecule is CCn1ccc(CNCCCN2CCCCC2)c1. The van der Waals surface area contributed by atoms with Gasteiger partial charge in [-0.3, -0.25) is 0 Å². The molecule has 0 spiro atoms. The summed E-state index contributed by atoms with van der Waals surface area (Å²) in [5, 5.41) is 3.54. The van der Waals surface area contributed by atoms with Gasteiger partial charge in [0.25, 0.3) is 0 Å². The van der Waals surface area contributed by atoms with Gasteiger partial charge in [0.15, 0.2) is 0 Å². The molecular weight excluding hydrogens is 222 g/mol. The zero-order valence-corrected chi connectivity index (χ0v) is 11.7. The molecule has 1 aromatic heterocycles. The van der Waals surface area contributed by atoms with Crippen LogP contribution in [-0.2, 0) is 13.1 Å². The second kappa shape index (κ2) is 7.59. The van der Waals surface area contributed by atoms with Crippen LogP contribution in [0.5, 0.6) is 0 Å². The Kier molecular flexibility index (Phi) is 5.75. The van der Waals surface area contributed by atoms with E-state index in [9.17, 15) is 0 Å². The molecule has 102 valence electrons. The first-order valence-corrected chi connectivity index (χ1v) is 7.46. The van der Waals surface area contributed by atoms with E-state index in [0.29, 0.717) is 0 Å². The number of nitrogens with zero attached hydrogens (tertiary/aromatic N) is 2. The van der Waals surface area contributed by atoms with E-state index >= 15 is 0 Å². The van der Waals surface area contributed by atoms with E-state index in [1.165, 1.54) is 50.9 Å². The van der Waals surface area contributed by atoms with Crippen molar-refractivity contribution in [3.8, 4) is 0 Å². The third kappa shape index (κ3) is 4.46. The molecule has 1 N–H and O–H groups in total. The summed E-state index contributed by atoms with van der Waals surface area (Å²) in [6.45, 7) is 9.28. The van der Waals surface area contributed by atoms with Crippen LogP contribution in [0.4, 0.5) is 0 Å². The van der Waals surface area contributed by atoms with Crippen molar-refractivity contribution >= 4 is 0 Å². The Morgan fingerprint density at radius 2 is 2.06 bits per heavy atom. The molecule has 0 aromatic carbocycles. The summed E-state index contributed by atoms with van der Waals surface area (Å²) in [6, 6.07) is 2.21. The summed E-state index contributed by atoms with van der Waals surface area (Å²) >= 11 is 0. The van der Waals surface area contributed by atoms with Crippen molar-refractivity contribution in [1.82, 2.24) is 14.8 Å². The maximum atomic E-state index is 3.54. The first kappa shape index (κ1) is 13.6. The first-order chi connectivity index (χ1) is 8.88. The molecule has 1 fully saturated rings. The molecule has 0 amide bonds. The average molecular weight is 249 g/mol. The number of aryl methyl sites for hydroxylation is 1. The van der Waals surface area contributed by atoms with E-state index in [1.807, 2.05) is 0 Å². The second-order valence-electron chi connectivity index (χ2n) is 5.28. The monoisotopic (exact) mass is 249 g/mol. The lowest BCUT2D eigenvalue weighted by Crippen LogP contribution is -2.32. The Labute approximate surface area is 111 Å². The highest BCUT2D eigenvalue weighted by Crippen LogP contribution is 2.08. The van der Waals surface area contributed by atoms with E-state index in [1.54, 1.807) is 0 Å². The number of hydrogen-bond acceptors (Lipinski definition) is 2. The van der Waals surface area contributed by atoms with Crippen LogP contribution in [0.3, 0.4) is 0 Å². The molecule has 0 unspecified atom stereocenters. The van der Waals surface area contributed by atoms with E-state index in [0.717, 1.165) is 19.6 Å². The Hall–Kier alpha value is -0.800. The molecule has 0 atom stereocenters. The lowest BCUT2D eigenvalue weighted by Gasteiger charge is -2.26. The zero-order chi connectivity index (χ0) is 12.6. The van der Waals surface area contributed by atoms with Gasteiger partial charge in [0.05, 0.1) is 0 Å². The summed E-state index contributed by atoms with van der Waals surface area (Å²) < 4.78 is 2.23. The summed E-state index contributed by atoms with van der Waals surface area (Å²) in [5.41, 5.74) is 1.40. The van der Waals surface area contributed by atoms with E-state index in [2.05, 4.69) is 40.2 Å². The third-order valence-electron chi connectivity index (χ3n) is 3.78. The van der Waals surface area contributed by atoms with Crippen LogP contribution in [0, 0.1) is 0 Å². The van der Waals surface area contributed by atoms with Gasteiger partial charge in [-0.15, -0.1) is 0 Å². The topological polar surface area (TPSA) is 20.2 Å². The lowest BCUT2D eigenvalue weighted by molar-refractivity contribution is 0.225. The summed E-state index contributed by atoms with van der Waals surface area (Å²) in [6.07, 6.45) is 9.90. The maximum absolute atomic E-state index is 3.54. The van der Waals surface area contributed by atoms with E-state index < -0.39 is 0 Å². The van der Waals surface area contributed by atoms with Gasteiger partial charge in [-0.2, -0.15) is 0 Å². The van der Waals surface area contributed by atoms with Crippen molar-refractivity contribution in [2.75, 3.05) is 26.2 Å². The van der Waals surface area contributed by atoms with E-state index in [-0.39, 0.29) is 0 Å². The van der Waals surface area contributed by atoms with Gasteiger partial charge in [0, 0.05) is 25.5 Å². The molecule has 0 aliphatic carbocycles. The largest absolute Gasteiger partial charge is 0.354 e. The molecular formula is C15H27N3. The number of rotatable bonds is 7. The Balaban J connectivity index is 1.52. The Morgan fingerprint density at radius 1 is 1.22 bits per heavy atom. The summed E-state index contributed by atoms with van der Waals surface area (Å²) in [5.74, 6) is 0. The Morgan fingerprint density at radius 3 is 2.78 bits per heavy atom. The highest BCUT2D eigenvalue weighted by atomic mass is 15.1. The van der Waals surface area contributed by atoms with Crippen molar-refractivity contribution in [3.05, 3.63) is 24.0 Å². The van der Waals surface area contributed by atoms with Crippen LogP contribution in [0.2, 0.25) is 0 Å².